The molecule has 0 saturated carbocycles. The van der Waals surface area contributed by atoms with Gasteiger partial charge in [0.1, 0.15) is 5.75 Å². The van der Waals surface area contributed by atoms with E-state index in [1.807, 2.05) is 6.92 Å². The van der Waals surface area contributed by atoms with E-state index in [0.29, 0.717) is 12.2 Å². The lowest BCUT2D eigenvalue weighted by atomic mass is 10.3. The molecule has 1 atom stereocenters. The monoisotopic (exact) mass is 398 g/mol. The minimum absolute atomic E-state index is 0.0743. The quantitative estimate of drug-likeness (QED) is 0.712. The lowest BCUT2D eigenvalue weighted by molar-refractivity contribution is 0.414. The zero-order chi connectivity index (χ0) is 19.4. The smallest absolute Gasteiger partial charge is 0.261 e. The van der Waals surface area contributed by atoms with Gasteiger partial charge in [0.2, 0.25) is 10.0 Å². The van der Waals surface area contributed by atoms with Gasteiger partial charge in [0.15, 0.2) is 0 Å². The zero-order valence-corrected chi connectivity index (χ0v) is 16.4. The molecular formula is C17H22N2O5S2. The van der Waals surface area contributed by atoms with Gasteiger partial charge in [-0.25, -0.2) is 21.6 Å². The Labute approximate surface area is 154 Å². The average Bonchev–Trinajstić information content (AvgIpc) is 2.61. The Bertz CT molecular complexity index is 938. The lowest BCUT2D eigenvalue weighted by Gasteiger charge is -2.13. The summed E-state index contributed by atoms with van der Waals surface area (Å²) in [5.74, 6) is 0.548. The maximum absolute atomic E-state index is 12.4. The molecule has 0 aliphatic rings. The molecule has 0 saturated heterocycles. The van der Waals surface area contributed by atoms with E-state index in [4.69, 9.17) is 4.74 Å². The normalized spacial score (nSPS) is 13.2. The molecule has 0 aliphatic carbocycles. The van der Waals surface area contributed by atoms with Crippen LogP contribution in [0.25, 0.3) is 0 Å². The zero-order valence-electron chi connectivity index (χ0n) is 14.8. The molecule has 0 fully saturated rings. The van der Waals surface area contributed by atoms with Crippen molar-refractivity contribution in [3.63, 3.8) is 0 Å². The van der Waals surface area contributed by atoms with Gasteiger partial charge >= 0.3 is 0 Å². The third-order valence-corrected chi connectivity index (χ3v) is 6.76. The Morgan fingerprint density at radius 3 is 1.88 bits per heavy atom. The number of anilines is 1. The van der Waals surface area contributed by atoms with Crippen LogP contribution in [0.4, 0.5) is 5.69 Å². The Balaban J connectivity index is 2.17. The highest BCUT2D eigenvalue weighted by molar-refractivity contribution is 7.92. The first-order chi connectivity index (χ1) is 12.2. The number of rotatable bonds is 8. The molecule has 0 amide bonds. The summed E-state index contributed by atoms with van der Waals surface area (Å²) in [6, 6.07) is 11.3. The molecule has 0 aromatic heterocycles. The first kappa shape index (κ1) is 20.2. The van der Waals surface area contributed by atoms with E-state index >= 15 is 0 Å². The van der Waals surface area contributed by atoms with Crippen LogP contribution in [0.2, 0.25) is 0 Å². The molecule has 2 rings (SSSR count). The van der Waals surface area contributed by atoms with Crippen LogP contribution < -0.4 is 14.2 Å². The molecule has 26 heavy (non-hydrogen) atoms. The Morgan fingerprint density at radius 1 is 0.885 bits per heavy atom. The molecule has 142 valence electrons. The standard InChI is InChI=1S/C17H22N2O5S2/c1-4-13(2)18-25(20,21)16-9-5-14(6-10-16)19-26(22,23)17-11-7-15(24-3)8-12-17/h5-13,18-19H,4H2,1-3H3. The second-order valence-corrected chi connectivity index (χ2v) is 9.13. The average molecular weight is 399 g/mol. The Hall–Kier alpha value is -2.10. The third-order valence-electron chi connectivity index (χ3n) is 3.76. The second kappa shape index (κ2) is 8.07. The summed E-state index contributed by atoms with van der Waals surface area (Å²) in [4.78, 5) is 0.152. The van der Waals surface area contributed by atoms with E-state index in [9.17, 15) is 16.8 Å². The van der Waals surface area contributed by atoms with Gasteiger partial charge in [0.05, 0.1) is 16.9 Å². The van der Waals surface area contributed by atoms with Crippen molar-refractivity contribution in [2.75, 3.05) is 11.8 Å². The third kappa shape index (κ3) is 4.96. The summed E-state index contributed by atoms with van der Waals surface area (Å²) in [5.41, 5.74) is 0.267. The maximum atomic E-state index is 12.4. The number of methoxy groups -OCH3 is 1. The molecule has 0 heterocycles. The first-order valence-corrected chi connectivity index (χ1v) is 10.9. The van der Waals surface area contributed by atoms with Crippen molar-refractivity contribution in [3.05, 3.63) is 48.5 Å². The van der Waals surface area contributed by atoms with Crippen LogP contribution in [-0.4, -0.2) is 30.0 Å². The van der Waals surface area contributed by atoms with E-state index in [1.54, 1.807) is 19.1 Å². The number of hydrogen-bond donors (Lipinski definition) is 2. The minimum Gasteiger partial charge on any atom is -0.497 e. The predicted molar refractivity (Wildman–Crippen MR) is 100 cm³/mol. The van der Waals surface area contributed by atoms with Crippen LogP contribution in [0.3, 0.4) is 0 Å². The van der Waals surface area contributed by atoms with Gasteiger partial charge in [0, 0.05) is 11.7 Å². The van der Waals surface area contributed by atoms with E-state index < -0.39 is 20.0 Å². The molecule has 0 bridgehead atoms. The molecular weight excluding hydrogens is 376 g/mol. The first-order valence-electron chi connectivity index (χ1n) is 7.97. The Morgan fingerprint density at radius 2 is 1.38 bits per heavy atom. The number of ether oxygens (including phenoxy) is 1. The molecule has 0 spiro atoms. The highest BCUT2D eigenvalue weighted by atomic mass is 32.2. The minimum atomic E-state index is -3.78. The van der Waals surface area contributed by atoms with Crippen molar-refractivity contribution in [3.8, 4) is 5.75 Å². The molecule has 7 nitrogen and oxygen atoms in total. The van der Waals surface area contributed by atoms with Gasteiger partial charge in [-0.3, -0.25) is 4.72 Å². The van der Waals surface area contributed by atoms with Crippen LogP contribution in [0.1, 0.15) is 20.3 Å². The van der Waals surface area contributed by atoms with Crippen molar-refractivity contribution in [1.82, 2.24) is 4.72 Å². The summed E-state index contributed by atoms with van der Waals surface area (Å²) >= 11 is 0. The fourth-order valence-electron chi connectivity index (χ4n) is 2.09. The fraction of sp³-hybridized carbons (Fsp3) is 0.294. The van der Waals surface area contributed by atoms with E-state index in [-0.39, 0.29) is 21.5 Å². The van der Waals surface area contributed by atoms with Crippen molar-refractivity contribution < 1.29 is 21.6 Å². The maximum Gasteiger partial charge on any atom is 0.261 e. The summed E-state index contributed by atoms with van der Waals surface area (Å²) in [7, 11) is -5.92. The van der Waals surface area contributed by atoms with Gasteiger partial charge in [-0.15, -0.1) is 0 Å². The number of hydrogen-bond acceptors (Lipinski definition) is 5. The van der Waals surface area contributed by atoms with Gasteiger partial charge in [0.25, 0.3) is 10.0 Å². The summed E-state index contributed by atoms with van der Waals surface area (Å²) < 4.78 is 59.2. The van der Waals surface area contributed by atoms with Gasteiger partial charge in [-0.2, -0.15) is 0 Å². The summed E-state index contributed by atoms with van der Waals surface area (Å²) in [6.45, 7) is 3.65. The van der Waals surface area contributed by atoms with Crippen LogP contribution in [0, 0.1) is 0 Å². The summed E-state index contributed by atoms with van der Waals surface area (Å²) in [6.07, 6.45) is 0.666. The van der Waals surface area contributed by atoms with Crippen LogP contribution in [0.15, 0.2) is 58.3 Å². The molecule has 1 unspecified atom stereocenters. The molecule has 2 N–H and O–H groups in total. The van der Waals surface area contributed by atoms with Crippen molar-refractivity contribution in [1.29, 1.82) is 0 Å². The SMILES string of the molecule is CCC(C)NS(=O)(=O)c1ccc(NS(=O)(=O)c2ccc(OC)cc2)cc1. The van der Waals surface area contributed by atoms with E-state index in [2.05, 4.69) is 9.44 Å². The Kier molecular flexibility index (Phi) is 6.27. The van der Waals surface area contributed by atoms with Crippen molar-refractivity contribution in [2.45, 2.75) is 36.1 Å². The van der Waals surface area contributed by atoms with Gasteiger partial charge in [-0.1, -0.05) is 6.92 Å². The number of sulfonamides is 2. The fourth-order valence-corrected chi connectivity index (χ4v) is 4.47. The van der Waals surface area contributed by atoms with E-state index in [0.717, 1.165) is 0 Å². The van der Waals surface area contributed by atoms with Crippen molar-refractivity contribution in [2.24, 2.45) is 0 Å². The lowest BCUT2D eigenvalue weighted by Crippen LogP contribution is -2.31. The molecule has 0 radical (unpaired) electrons. The van der Waals surface area contributed by atoms with Crippen LogP contribution in [0.5, 0.6) is 5.75 Å². The van der Waals surface area contributed by atoms with Crippen LogP contribution in [-0.2, 0) is 20.0 Å². The largest absolute Gasteiger partial charge is 0.497 e. The molecule has 9 heteroatoms. The number of nitrogens with one attached hydrogen (secondary N) is 2. The molecule has 2 aromatic rings. The van der Waals surface area contributed by atoms with Gasteiger partial charge in [-0.05, 0) is 61.9 Å². The highest BCUT2D eigenvalue weighted by Gasteiger charge is 2.18. The number of benzene rings is 2. The van der Waals surface area contributed by atoms with Crippen LogP contribution >= 0.6 is 0 Å². The highest BCUT2D eigenvalue weighted by Crippen LogP contribution is 2.20. The molecule has 0 aliphatic heterocycles. The van der Waals surface area contributed by atoms with Gasteiger partial charge < -0.3 is 4.74 Å². The topological polar surface area (TPSA) is 102 Å². The molecule has 2 aromatic carbocycles. The second-order valence-electron chi connectivity index (χ2n) is 5.74. The van der Waals surface area contributed by atoms with E-state index in [1.165, 1.54) is 43.5 Å². The predicted octanol–water partition coefficient (Wildman–Crippen LogP) is 2.57. The van der Waals surface area contributed by atoms with Crippen molar-refractivity contribution >= 4 is 25.7 Å². The summed E-state index contributed by atoms with van der Waals surface area (Å²) in [5, 5.41) is 0.